The smallest absolute Gasteiger partial charge is 0.221 e. The fourth-order valence-corrected chi connectivity index (χ4v) is 4.35. The summed E-state index contributed by atoms with van der Waals surface area (Å²) in [5, 5.41) is 3.40. The summed E-state index contributed by atoms with van der Waals surface area (Å²) in [4.78, 5) is 23.5. The Morgan fingerprint density at radius 2 is 1.89 bits per heavy atom. The lowest BCUT2D eigenvalue weighted by molar-refractivity contribution is -0.114. The molecule has 1 N–H and O–H groups in total. The van der Waals surface area contributed by atoms with E-state index in [1.807, 2.05) is 24.3 Å². The van der Waals surface area contributed by atoms with Crippen LogP contribution in [0.4, 0.5) is 5.00 Å². The monoisotopic (exact) mass is 369 g/mol. The Morgan fingerprint density at radius 3 is 2.56 bits per heavy atom. The van der Waals surface area contributed by atoms with Crippen LogP contribution in [-0.2, 0) is 4.79 Å². The van der Waals surface area contributed by atoms with Gasteiger partial charge in [-0.2, -0.15) is 0 Å². The number of amides is 1. The van der Waals surface area contributed by atoms with Crippen LogP contribution >= 0.6 is 33.9 Å². The predicted octanol–water partition coefficient (Wildman–Crippen LogP) is 3.52. The minimum absolute atomic E-state index is 0.00326. The molecule has 1 heterocycles. The molecule has 0 fully saturated rings. The maximum atomic E-state index is 12.4. The van der Waals surface area contributed by atoms with Crippen molar-refractivity contribution in [3.63, 3.8) is 0 Å². The summed E-state index contributed by atoms with van der Waals surface area (Å²) in [6, 6.07) is 7.56. The van der Waals surface area contributed by atoms with Crippen molar-refractivity contribution in [2.24, 2.45) is 0 Å². The number of halogens is 1. The molecule has 5 heteroatoms. The third-order valence-corrected chi connectivity index (χ3v) is 4.92. The van der Waals surface area contributed by atoms with Crippen molar-refractivity contribution in [1.29, 1.82) is 0 Å². The highest BCUT2D eigenvalue weighted by atomic mass is 127. The highest BCUT2D eigenvalue weighted by Gasteiger charge is 2.33. The average Bonchev–Trinajstić information content (AvgIpc) is 2.78. The van der Waals surface area contributed by atoms with E-state index >= 15 is 0 Å². The first-order chi connectivity index (χ1) is 8.59. The summed E-state index contributed by atoms with van der Waals surface area (Å²) in [6.45, 7) is 1.45. The zero-order chi connectivity index (χ0) is 12.9. The lowest BCUT2D eigenvalue weighted by Gasteiger charge is -2.00. The Bertz CT molecular complexity index is 690. The summed E-state index contributed by atoms with van der Waals surface area (Å²) >= 11 is 3.66. The number of anilines is 1. The molecule has 90 valence electrons. The lowest BCUT2D eigenvalue weighted by atomic mass is 10.1. The molecule has 2 aromatic rings. The van der Waals surface area contributed by atoms with Crippen LogP contribution in [0.15, 0.2) is 24.3 Å². The molecule has 1 aromatic carbocycles. The van der Waals surface area contributed by atoms with E-state index in [-0.39, 0.29) is 11.7 Å². The molecule has 0 spiro atoms. The Hall–Kier alpha value is -1.21. The van der Waals surface area contributed by atoms with E-state index in [0.717, 1.165) is 19.6 Å². The largest absolute Gasteiger partial charge is 0.317 e. The summed E-state index contributed by atoms with van der Waals surface area (Å²) in [5.74, 6) is -0.150. The van der Waals surface area contributed by atoms with Crippen LogP contribution < -0.4 is 5.32 Å². The van der Waals surface area contributed by atoms with Gasteiger partial charge in [-0.3, -0.25) is 9.59 Å². The normalized spacial score (nSPS) is 12.2. The minimum Gasteiger partial charge on any atom is -0.317 e. The molecule has 0 bridgehead atoms. The molecular weight excluding hydrogens is 361 g/mol. The number of hydrogen-bond donors (Lipinski definition) is 1. The summed E-state index contributed by atoms with van der Waals surface area (Å²) in [6.07, 6.45) is 0. The second kappa shape index (κ2) is 4.17. The zero-order valence-corrected chi connectivity index (χ0v) is 12.4. The molecule has 1 amide bonds. The van der Waals surface area contributed by atoms with Gasteiger partial charge >= 0.3 is 0 Å². The predicted molar refractivity (Wildman–Crippen MR) is 80.2 cm³/mol. The Morgan fingerprint density at radius 1 is 1.22 bits per heavy atom. The van der Waals surface area contributed by atoms with Gasteiger partial charge in [-0.05, 0) is 28.2 Å². The number of thiophene rings is 1. The SMILES string of the molecule is CC(=O)Nc1sc(I)c2c1C(=O)c1ccccc1-2. The highest BCUT2D eigenvalue weighted by molar-refractivity contribution is 14.1. The van der Waals surface area contributed by atoms with E-state index in [9.17, 15) is 9.59 Å². The third-order valence-electron chi connectivity index (χ3n) is 2.82. The number of nitrogens with one attached hydrogen (secondary N) is 1. The maximum Gasteiger partial charge on any atom is 0.221 e. The molecule has 0 aliphatic heterocycles. The number of carbonyl (C=O) groups excluding carboxylic acids is 2. The van der Waals surface area contributed by atoms with Crippen LogP contribution in [0, 0.1) is 2.88 Å². The molecule has 0 saturated heterocycles. The number of carbonyl (C=O) groups is 2. The summed E-state index contributed by atoms with van der Waals surface area (Å²) < 4.78 is 1.03. The van der Waals surface area contributed by atoms with Crippen LogP contribution in [0.5, 0.6) is 0 Å². The summed E-state index contributed by atoms with van der Waals surface area (Å²) in [5.41, 5.74) is 3.29. The van der Waals surface area contributed by atoms with Crippen LogP contribution in [0.25, 0.3) is 11.1 Å². The quantitative estimate of drug-likeness (QED) is 0.668. The lowest BCUT2D eigenvalue weighted by Crippen LogP contribution is -2.07. The third kappa shape index (κ3) is 1.61. The first-order valence-electron chi connectivity index (χ1n) is 5.33. The van der Waals surface area contributed by atoms with Crippen molar-refractivity contribution < 1.29 is 9.59 Å². The second-order valence-corrected chi connectivity index (χ2v) is 6.84. The number of ketones is 1. The zero-order valence-electron chi connectivity index (χ0n) is 9.41. The van der Waals surface area contributed by atoms with Gasteiger partial charge in [-0.1, -0.05) is 24.3 Å². The van der Waals surface area contributed by atoms with Crippen molar-refractivity contribution in [2.45, 2.75) is 6.92 Å². The van der Waals surface area contributed by atoms with Crippen LogP contribution in [0.1, 0.15) is 22.8 Å². The Labute approximate surface area is 121 Å². The van der Waals surface area contributed by atoms with E-state index in [1.54, 1.807) is 0 Å². The van der Waals surface area contributed by atoms with Gasteiger partial charge in [0.25, 0.3) is 0 Å². The van der Waals surface area contributed by atoms with Gasteiger partial charge in [0.1, 0.15) is 5.00 Å². The molecule has 0 unspecified atom stereocenters. The molecule has 0 saturated carbocycles. The fraction of sp³-hybridized carbons (Fsp3) is 0.0769. The van der Waals surface area contributed by atoms with Gasteiger partial charge in [0.2, 0.25) is 5.91 Å². The van der Waals surface area contributed by atoms with Gasteiger partial charge in [-0.25, -0.2) is 0 Å². The average molecular weight is 369 g/mol. The number of hydrogen-bond acceptors (Lipinski definition) is 3. The minimum atomic E-state index is -0.154. The van der Waals surface area contributed by atoms with E-state index in [2.05, 4.69) is 27.9 Å². The van der Waals surface area contributed by atoms with Crippen LogP contribution in [0.2, 0.25) is 0 Å². The number of benzene rings is 1. The van der Waals surface area contributed by atoms with Gasteiger partial charge < -0.3 is 5.32 Å². The topological polar surface area (TPSA) is 46.2 Å². The van der Waals surface area contributed by atoms with E-state index in [0.29, 0.717) is 10.6 Å². The van der Waals surface area contributed by atoms with Crippen molar-refractivity contribution in [3.8, 4) is 11.1 Å². The van der Waals surface area contributed by atoms with Crippen LogP contribution in [0.3, 0.4) is 0 Å². The first-order valence-corrected chi connectivity index (χ1v) is 7.23. The van der Waals surface area contributed by atoms with Gasteiger partial charge in [-0.15, -0.1) is 11.3 Å². The molecule has 3 rings (SSSR count). The standard InChI is InChI=1S/C13H8INO2S/c1-6(16)15-13-10-9(12(14)18-13)7-4-2-3-5-8(7)11(10)17/h2-5H,1H3,(H,15,16). The molecule has 1 aliphatic carbocycles. The van der Waals surface area contributed by atoms with Crippen LogP contribution in [-0.4, -0.2) is 11.7 Å². The second-order valence-electron chi connectivity index (χ2n) is 4.01. The maximum absolute atomic E-state index is 12.4. The van der Waals surface area contributed by atoms with E-state index < -0.39 is 0 Å². The van der Waals surface area contributed by atoms with Crippen molar-refractivity contribution >= 4 is 50.6 Å². The van der Waals surface area contributed by atoms with E-state index in [4.69, 9.17) is 0 Å². The first kappa shape index (κ1) is 11.9. The van der Waals surface area contributed by atoms with Gasteiger partial charge in [0.15, 0.2) is 5.78 Å². The van der Waals surface area contributed by atoms with Crippen molar-refractivity contribution in [1.82, 2.24) is 0 Å². The summed E-state index contributed by atoms with van der Waals surface area (Å²) in [7, 11) is 0. The van der Waals surface area contributed by atoms with Gasteiger partial charge in [0, 0.05) is 18.1 Å². The number of rotatable bonds is 1. The molecule has 0 radical (unpaired) electrons. The fourth-order valence-electron chi connectivity index (χ4n) is 2.14. The molecule has 0 atom stereocenters. The molecule has 1 aliphatic rings. The van der Waals surface area contributed by atoms with Crippen molar-refractivity contribution in [2.75, 3.05) is 5.32 Å². The molecule has 1 aromatic heterocycles. The molecular formula is C13H8INO2S. The molecule has 18 heavy (non-hydrogen) atoms. The Kier molecular flexibility index (Phi) is 2.74. The Balaban J connectivity index is 2.26. The van der Waals surface area contributed by atoms with E-state index in [1.165, 1.54) is 18.3 Å². The van der Waals surface area contributed by atoms with Gasteiger partial charge in [0.05, 0.1) is 8.45 Å². The van der Waals surface area contributed by atoms with Crippen molar-refractivity contribution in [3.05, 3.63) is 38.3 Å². The number of fused-ring (bicyclic) bond motifs is 3. The highest BCUT2D eigenvalue weighted by Crippen LogP contribution is 2.47. The molecule has 3 nitrogen and oxygen atoms in total.